The number of phenols is 1. The monoisotopic (exact) mass is 339 g/mol. The number of benzene rings is 1. The number of phenolic OH excluding ortho intramolecular Hbond substituents is 1. The first-order valence-corrected chi connectivity index (χ1v) is 7.48. The van der Waals surface area contributed by atoms with Gasteiger partial charge in [0.15, 0.2) is 11.9 Å². The van der Waals surface area contributed by atoms with E-state index in [0.29, 0.717) is 19.3 Å². The number of carbonyl (C=O) groups is 3. The van der Waals surface area contributed by atoms with Crippen molar-refractivity contribution in [1.82, 2.24) is 0 Å². The van der Waals surface area contributed by atoms with E-state index in [9.17, 15) is 14.7 Å². The summed E-state index contributed by atoms with van der Waals surface area (Å²) in [5.41, 5.74) is 6.78. The molecular formula is C16H21NO7. The summed E-state index contributed by atoms with van der Waals surface area (Å²) in [6.07, 6.45) is 0.305. The van der Waals surface area contributed by atoms with E-state index in [2.05, 4.69) is 0 Å². The number of rotatable bonds is 4. The number of hydrogen-bond acceptors (Lipinski definition) is 6. The number of ether oxygens (including phenoxy) is 1. The fourth-order valence-electron chi connectivity index (χ4n) is 2.30. The van der Waals surface area contributed by atoms with Gasteiger partial charge in [-0.05, 0) is 43.4 Å². The molecule has 0 spiro atoms. The van der Waals surface area contributed by atoms with Gasteiger partial charge in [0.2, 0.25) is 0 Å². The molecule has 1 unspecified atom stereocenters. The smallest absolute Gasteiger partial charge is 0.503 e. The largest absolute Gasteiger partial charge is 0.508 e. The van der Waals surface area contributed by atoms with Crippen molar-refractivity contribution in [3.8, 4) is 5.75 Å². The molecule has 1 aromatic carbocycles. The summed E-state index contributed by atoms with van der Waals surface area (Å²) in [4.78, 5) is 32.1. The highest BCUT2D eigenvalue weighted by Gasteiger charge is 2.29. The van der Waals surface area contributed by atoms with Gasteiger partial charge in [-0.15, -0.1) is 0 Å². The van der Waals surface area contributed by atoms with E-state index in [1.165, 1.54) is 0 Å². The van der Waals surface area contributed by atoms with Crippen molar-refractivity contribution in [3.63, 3.8) is 0 Å². The maximum Gasteiger partial charge on any atom is 0.503 e. The van der Waals surface area contributed by atoms with Crippen LogP contribution in [0.3, 0.4) is 0 Å². The van der Waals surface area contributed by atoms with Crippen molar-refractivity contribution >= 4 is 17.9 Å². The predicted molar refractivity (Wildman–Crippen MR) is 83.8 cm³/mol. The molecule has 0 bridgehead atoms. The Hall–Kier alpha value is -2.61. The third-order valence-electron chi connectivity index (χ3n) is 3.45. The Kier molecular flexibility index (Phi) is 7.70. The molecule has 1 aliphatic rings. The summed E-state index contributed by atoms with van der Waals surface area (Å²) in [5, 5.41) is 23.2. The topological polar surface area (TPSA) is 147 Å². The van der Waals surface area contributed by atoms with Gasteiger partial charge in [0.1, 0.15) is 5.75 Å². The van der Waals surface area contributed by atoms with Gasteiger partial charge >= 0.3 is 12.1 Å². The molecule has 2 atom stereocenters. The van der Waals surface area contributed by atoms with Gasteiger partial charge in [-0.2, -0.15) is 0 Å². The number of esters is 1. The van der Waals surface area contributed by atoms with Crippen molar-refractivity contribution in [1.29, 1.82) is 0 Å². The normalized spacial score (nSPS) is 18.4. The Morgan fingerprint density at radius 2 is 1.79 bits per heavy atom. The molecule has 132 valence electrons. The molecule has 0 aliphatic carbocycles. The molecule has 0 amide bonds. The fraction of sp³-hybridized carbons (Fsp3) is 0.438. The van der Waals surface area contributed by atoms with Crippen molar-refractivity contribution in [2.24, 2.45) is 5.73 Å². The molecule has 1 aliphatic heterocycles. The molecule has 1 heterocycles. The van der Waals surface area contributed by atoms with Crippen LogP contribution >= 0.6 is 0 Å². The van der Waals surface area contributed by atoms with Gasteiger partial charge in [-0.25, -0.2) is 4.79 Å². The first-order valence-electron chi connectivity index (χ1n) is 7.48. The van der Waals surface area contributed by atoms with Crippen LogP contribution in [0.25, 0.3) is 0 Å². The lowest BCUT2D eigenvalue weighted by atomic mass is 9.97. The number of hydrogen-bond donors (Lipinski definition) is 4. The summed E-state index contributed by atoms with van der Waals surface area (Å²) in [7, 11) is 0. The quantitative estimate of drug-likeness (QED) is 0.604. The van der Waals surface area contributed by atoms with Gasteiger partial charge in [0.25, 0.3) is 0 Å². The number of ketones is 1. The van der Waals surface area contributed by atoms with Crippen LogP contribution in [0, 0.1) is 0 Å². The van der Waals surface area contributed by atoms with Gasteiger partial charge in [-0.1, -0.05) is 12.1 Å². The van der Waals surface area contributed by atoms with Crippen LogP contribution in [-0.2, 0) is 20.7 Å². The molecule has 0 saturated carbocycles. The second-order valence-electron chi connectivity index (χ2n) is 5.39. The lowest BCUT2D eigenvalue weighted by Gasteiger charge is -2.18. The molecule has 1 fully saturated rings. The van der Waals surface area contributed by atoms with Crippen LogP contribution in [0.1, 0.15) is 31.2 Å². The highest BCUT2D eigenvalue weighted by molar-refractivity contribution is 5.90. The molecule has 1 aromatic rings. The average Bonchev–Trinajstić information content (AvgIpc) is 2.73. The first-order chi connectivity index (χ1) is 11.3. The van der Waals surface area contributed by atoms with E-state index in [-0.39, 0.29) is 17.5 Å². The van der Waals surface area contributed by atoms with Gasteiger partial charge in [0.05, 0.1) is 6.04 Å². The maximum absolute atomic E-state index is 12.2. The summed E-state index contributed by atoms with van der Waals surface area (Å²) in [6.45, 7) is 0. The molecule has 2 rings (SSSR count). The molecule has 0 aromatic heterocycles. The van der Waals surface area contributed by atoms with E-state index in [4.69, 9.17) is 25.5 Å². The number of Topliss-reactive ketones (excluding diaryl/α,β-unsaturated/α-hetero) is 1. The third kappa shape index (κ3) is 7.10. The zero-order chi connectivity index (χ0) is 18.1. The van der Waals surface area contributed by atoms with Crippen LogP contribution in [0.4, 0.5) is 4.79 Å². The zero-order valence-electron chi connectivity index (χ0n) is 13.1. The van der Waals surface area contributed by atoms with E-state index in [1.807, 2.05) is 0 Å². The Morgan fingerprint density at radius 3 is 2.38 bits per heavy atom. The van der Waals surface area contributed by atoms with Crippen molar-refractivity contribution in [2.75, 3.05) is 0 Å². The summed E-state index contributed by atoms with van der Waals surface area (Å²) < 4.78 is 5.14. The van der Waals surface area contributed by atoms with Crippen molar-refractivity contribution < 1.29 is 34.4 Å². The molecule has 1 saturated heterocycles. The highest BCUT2D eigenvalue weighted by Crippen LogP contribution is 2.17. The van der Waals surface area contributed by atoms with Crippen molar-refractivity contribution in [3.05, 3.63) is 29.8 Å². The second kappa shape index (κ2) is 9.51. The highest BCUT2D eigenvalue weighted by atomic mass is 16.6. The number of nitrogens with two attached hydrogens (primary N) is 1. The van der Waals surface area contributed by atoms with E-state index in [0.717, 1.165) is 18.4 Å². The Morgan fingerprint density at radius 1 is 1.21 bits per heavy atom. The first kappa shape index (κ1) is 19.4. The van der Waals surface area contributed by atoms with E-state index < -0.39 is 18.3 Å². The maximum atomic E-state index is 12.2. The van der Waals surface area contributed by atoms with E-state index in [1.54, 1.807) is 24.3 Å². The summed E-state index contributed by atoms with van der Waals surface area (Å²) in [6, 6.07) is 5.86. The van der Waals surface area contributed by atoms with Crippen LogP contribution < -0.4 is 5.73 Å². The summed E-state index contributed by atoms with van der Waals surface area (Å²) >= 11 is 0. The molecule has 24 heavy (non-hydrogen) atoms. The van der Waals surface area contributed by atoms with E-state index >= 15 is 0 Å². The molecule has 0 radical (unpaired) electrons. The Bertz CT molecular complexity index is 566. The van der Waals surface area contributed by atoms with Crippen LogP contribution in [-0.4, -0.2) is 45.4 Å². The van der Waals surface area contributed by atoms with Crippen LogP contribution in [0.5, 0.6) is 5.75 Å². The minimum Gasteiger partial charge on any atom is -0.508 e. The minimum atomic E-state index is -1.83. The van der Waals surface area contributed by atoms with Crippen LogP contribution in [0.2, 0.25) is 0 Å². The molecule has 8 heteroatoms. The second-order valence-corrected chi connectivity index (χ2v) is 5.39. The zero-order valence-corrected chi connectivity index (χ0v) is 13.1. The third-order valence-corrected chi connectivity index (χ3v) is 3.45. The molecular weight excluding hydrogens is 318 g/mol. The number of aromatic hydroxyl groups is 1. The summed E-state index contributed by atoms with van der Waals surface area (Å²) in [5.74, 6) is -0.377. The van der Waals surface area contributed by atoms with Gasteiger partial charge in [-0.3, -0.25) is 9.59 Å². The average molecular weight is 339 g/mol. The standard InChI is InChI=1S/C15H19NO4.CH2O3/c16-12(9-10-5-7-11(17)8-6-10)15(19)13-3-1-2-4-14(18)20-13;2-1(3)4/h5-8,12-13,17H,1-4,9,16H2;(H2,2,3,4)/t12-,13?;/m0./s1. The Balaban J connectivity index is 0.000000648. The SMILES string of the molecule is N[C@@H](Cc1ccc(O)cc1)C(=O)C1CCCCC(=O)O1.O=C(O)O. The number of cyclic esters (lactones) is 1. The predicted octanol–water partition coefficient (Wildman–Crippen LogP) is 1.54. The Labute approximate surface area is 138 Å². The molecule has 8 nitrogen and oxygen atoms in total. The van der Waals surface area contributed by atoms with Crippen molar-refractivity contribution in [2.45, 2.75) is 44.2 Å². The fourth-order valence-corrected chi connectivity index (χ4v) is 2.30. The van der Waals surface area contributed by atoms with Gasteiger partial charge < -0.3 is 25.8 Å². The van der Waals surface area contributed by atoms with Gasteiger partial charge in [0, 0.05) is 6.42 Å². The lowest BCUT2D eigenvalue weighted by molar-refractivity contribution is -0.154. The van der Waals surface area contributed by atoms with Crippen LogP contribution in [0.15, 0.2) is 24.3 Å². The number of carbonyl (C=O) groups excluding carboxylic acids is 2. The minimum absolute atomic E-state index is 0.173. The lowest BCUT2D eigenvalue weighted by Crippen LogP contribution is -2.41. The molecule has 5 N–H and O–H groups in total. The number of carboxylic acid groups (broad SMARTS) is 2.